The highest BCUT2D eigenvalue weighted by Gasteiger charge is 2.36. The number of aromatic nitrogens is 2. The lowest BCUT2D eigenvalue weighted by Crippen LogP contribution is -2.38. The van der Waals surface area contributed by atoms with Crippen LogP contribution in [0.1, 0.15) is 42.5 Å². The summed E-state index contributed by atoms with van der Waals surface area (Å²) in [5, 5.41) is 0. The van der Waals surface area contributed by atoms with Crippen LogP contribution in [0.5, 0.6) is 0 Å². The molecule has 1 aliphatic rings. The summed E-state index contributed by atoms with van der Waals surface area (Å²) in [5.41, 5.74) is -0.509. The summed E-state index contributed by atoms with van der Waals surface area (Å²) in [6.07, 6.45) is 1.44. The van der Waals surface area contributed by atoms with Gasteiger partial charge in [0.05, 0.1) is 35.2 Å². The second-order valence-corrected chi connectivity index (χ2v) is 6.99. The molecule has 10 nitrogen and oxygen atoms in total. The van der Waals surface area contributed by atoms with Gasteiger partial charge in [0.25, 0.3) is 17.4 Å². The molecule has 0 saturated heterocycles. The zero-order valence-electron chi connectivity index (χ0n) is 16.7. The molecule has 0 saturated carbocycles. The van der Waals surface area contributed by atoms with Gasteiger partial charge in [-0.1, -0.05) is 0 Å². The maximum Gasteiger partial charge on any atom is 0.338 e. The van der Waals surface area contributed by atoms with Crippen LogP contribution in [0.2, 0.25) is 0 Å². The van der Waals surface area contributed by atoms with E-state index in [-0.39, 0.29) is 35.5 Å². The third-order valence-electron chi connectivity index (χ3n) is 5.08. The van der Waals surface area contributed by atoms with Crippen molar-refractivity contribution in [2.45, 2.75) is 13.2 Å². The van der Waals surface area contributed by atoms with Crippen LogP contribution in [0, 0.1) is 0 Å². The minimum atomic E-state index is -0.763. The molecule has 31 heavy (non-hydrogen) atoms. The number of rotatable bonds is 5. The highest BCUT2D eigenvalue weighted by atomic mass is 16.5. The number of nitrogens with zero attached hydrogens (tertiary/aromatic N) is 3. The summed E-state index contributed by atoms with van der Waals surface area (Å²) in [4.78, 5) is 62.5. The fourth-order valence-electron chi connectivity index (χ4n) is 3.26. The van der Waals surface area contributed by atoms with Crippen molar-refractivity contribution in [3.8, 4) is 0 Å². The number of carbonyl (C=O) groups excluding carboxylic acids is 3. The minimum Gasteiger partial charge on any atom is -0.467 e. The lowest BCUT2D eigenvalue weighted by atomic mass is 10.1. The van der Waals surface area contributed by atoms with Crippen molar-refractivity contribution in [3.05, 3.63) is 91.6 Å². The van der Waals surface area contributed by atoms with E-state index in [2.05, 4.69) is 0 Å². The largest absolute Gasteiger partial charge is 0.467 e. The van der Waals surface area contributed by atoms with Gasteiger partial charge in [-0.05, 0) is 30.3 Å². The van der Waals surface area contributed by atoms with Crippen LogP contribution in [-0.4, -0.2) is 31.8 Å². The summed E-state index contributed by atoms with van der Waals surface area (Å²) in [6, 6.07) is 8.57. The van der Waals surface area contributed by atoms with Crippen molar-refractivity contribution in [3.63, 3.8) is 0 Å². The molecule has 3 heterocycles. The Bertz CT molecular complexity index is 1330. The van der Waals surface area contributed by atoms with Crippen molar-refractivity contribution in [2.24, 2.45) is 14.1 Å². The molecule has 4 rings (SSSR count). The van der Waals surface area contributed by atoms with Crippen LogP contribution < -0.4 is 11.2 Å². The number of benzene rings is 1. The number of esters is 1. The zero-order valence-corrected chi connectivity index (χ0v) is 16.7. The Kier molecular flexibility index (Phi) is 4.90. The molecule has 0 fully saturated rings. The zero-order chi connectivity index (χ0) is 22.3. The Labute approximate surface area is 174 Å². The van der Waals surface area contributed by atoms with Crippen LogP contribution in [-0.2, 0) is 32.0 Å². The lowest BCUT2D eigenvalue weighted by Gasteiger charge is -2.11. The quantitative estimate of drug-likeness (QED) is 0.440. The Morgan fingerprint density at radius 3 is 2.42 bits per heavy atom. The first-order valence-electron chi connectivity index (χ1n) is 9.23. The molecule has 1 aliphatic heterocycles. The molecule has 0 bridgehead atoms. The molecule has 3 aromatic rings. The van der Waals surface area contributed by atoms with Gasteiger partial charge in [0.1, 0.15) is 12.4 Å². The number of amides is 2. The second-order valence-electron chi connectivity index (χ2n) is 6.99. The number of fused-ring (bicyclic) bond motifs is 1. The fraction of sp³-hybridized carbons (Fsp3) is 0.190. The average Bonchev–Trinajstić information content (AvgIpc) is 3.36. The van der Waals surface area contributed by atoms with E-state index in [0.717, 1.165) is 9.47 Å². The number of hydrogen-bond acceptors (Lipinski definition) is 7. The molecule has 0 radical (unpaired) electrons. The number of furan rings is 1. The molecule has 1 aromatic carbocycles. The van der Waals surface area contributed by atoms with Gasteiger partial charge in [0.2, 0.25) is 0 Å². The summed E-state index contributed by atoms with van der Waals surface area (Å²) in [6.45, 7) is -0.328. The molecule has 0 spiro atoms. The van der Waals surface area contributed by atoms with E-state index >= 15 is 0 Å². The van der Waals surface area contributed by atoms with Crippen molar-refractivity contribution >= 4 is 17.8 Å². The molecule has 2 amide bonds. The van der Waals surface area contributed by atoms with Gasteiger partial charge in [-0.25, -0.2) is 9.59 Å². The molecule has 158 valence electrons. The first-order chi connectivity index (χ1) is 14.8. The van der Waals surface area contributed by atoms with E-state index in [0.29, 0.717) is 5.76 Å². The van der Waals surface area contributed by atoms with Gasteiger partial charge in [-0.15, -0.1) is 0 Å². The summed E-state index contributed by atoms with van der Waals surface area (Å²) in [7, 11) is 2.80. The lowest BCUT2D eigenvalue weighted by molar-refractivity contribution is 0.0462. The van der Waals surface area contributed by atoms with Gasteiger partial charge in [0, 0.05) is 20.2 Å². The minimum absolute atomic E-state index is 0.0177. The van der Waals surface area contributed by atoms with E-state index in [9.17, 15) is 24.0 Å². The first kappa shape index (κ1) is 20.1. The SMILES string of the molecule is Cn1c(COC(=O)c2ccc3c(c2)C(=O)N(Cc2ccco2)C3=O)cc(=O)n(C)c1=O. The average molecular weight is 423 g/mol. The topological polar surface area (TPSA) is 121 Å². The van der Waals surface area contributed by atoms with Gasteiger partial charge in [-0.3, -0.25) is 28.4 Å². The third kappa shape index (κ3) is 3.48. The first-order valence-corrected chi connectivity index (χ1v) is 9.23. The van der Waals surface area contributed by atoms with Crippen LogP contribution in [0.3, 0.4) is 0 Å². The monoisotopic (exact) mass is 423 g/mol. The highest BCUT2D eigenvalue weighted by Crippen LogP contribution is 2.26. The molecule has 0 atom stereocenters. The summed E-state index contributed by atoms with van der Waals surface area (Å²) in [5.74, 6) is -1.33. The third-order valence-corrected chi connectivity index (χ3v) is 5.08. The van der Waals surface area contributed by atoms with Crippen LogP contribution in [0.25, 0.3) is 0 Å². The van der Waals surface area contributed by atoms with E-state index in [1.807, 2.05) is 0 Å². The van der Waals surface area contributed by atoms with Gasteiger partial charge in [0.15, 0.2) is 0 Å². The fourth-order valence-corrected chi connectivity index (χ4v) is 3.26. The normalized spacial score (nSPS) is 12.9. The van der Waals surface area contributed by atoms with Gasteiger partial charge in [-0.2, -0.15) is 0 Å². The van der Waals surface area contributed by atoms with Gasteiger partial charge >= 0.3 is 11.7 Å². The van der Waals surface area contributed by atoms with Crippen molar-refractivity contribution in [1.29, 1.82) is 0 Å². The Morgan fingerprint density at radius 1 is 0.968 bits per heavy atom. The van der Waals surface area contributed by atoms with Crippen molar-refractivity contribution in [2.75, 3.05) is 0 Å². The second kappa shape index (κ2) is 7.56. The van der Waals surface area contributed by atoms with Crippen LogP contribution in [0.4, 0.5) is 0 Å². The molecule has 0 N–H and O–H groups in total. The Balaban J connectivity index is 1.53. The predicted molar refractivity (Wildman–Crippen MR) is 105 cm³/mol. The standard InChI is InChI=1S/C21H17N3O7/c1-22-13(9-17(25)23(2)21(22)29)11-31-20(28)12-5-6-15-16(8-12)19(27)24(18(15)26)10-14-4-3-7-30-14/h3-9H,10-11H2,1-2H3. The number of carbonyl (C=O) groups is 3. The smallest absolute Gasteiger partial charge is 0.338 e. The molecule has 2 aromatic heterocycles. The van der Waals surface area contributed by atoms with Crippen LogP contribution >= 0.6 is 0 Å². The highest BCUT2D eigenvalue weighted by molar-refractivity contribution is 6.21. The van der Waals surface area contributed by atoms with Crippen molar-refractivity contribution < 1.29 is 23.5 Å². The summed E-state index contributed by atoms with van der Waals surface area (Å²) < 4.78 is 12.5. The Morgan fingerprint density at radius 2 is 1.71 bits per heavy atom. The van der Waals surface area contributed by atoms with Crippen molar-refractivity contribution in [1.82, 2.24) is 14.0 Å². The Hall–Kier alpha value is -4.21. The molecule has 10 heteroatoms. The summed E-state index contributed by atoms with van der Waals surface area (Å²) >= 11 is 0. The number of imide groups is 1. The molecular weight excluding hydrogens is 406 g/mol. The maximum absolute atomic E-state index is 12.7. The van der Waals surface area contributed by atoms with Gasteiger partial charge < -0.3 is 9.15 Å². The maximum atomic E-state index is 12.7. The predicted octanol–water partition coefficient (Wildman–Crippen LogP) is 0.830. The van der Waals surface area contributed by atoms with E-state index in [1.165, 1.54) is 49.2 Å². The van der Waals surface area contributed by atoms with E-state index in [4.69, 9.17) is 9.15 Å². The molecular formula is C21H17N3O7. The van der Waals surface area contributed by atoms with E-state index in [1.54, 1.807) is 12.1 Å². The van der Waals surface area contributed by atoms with E-state index < -0.39 is 29.0 Å². The molecule has 0 aliphatic carbocycles. The van der Waals surface area contributed by atoms with Crippen LogP contribution in [0.15, 0.2) is 56.7 Å². The molecule has 0 unspecified atom stereocenters. The number of ether oxygens (including phenoxy) is 1. The number of hydrogen-bond donors (Lipinski definition) is 0.